The summed E-state index contributed by atoms with van der Waals surface area (Å²) in [6.07, 6.45) is 1.02. The van der Waals surface area contributed by atoms with Crippen molar-refractivity contribution in [3.8, 4) is 5.75 Å². The molecular weight excluding hydrogens is 266 g/mol. The molecule has 0 bridgehead atoms. The highest BCUT2D eigenvalue weighted by molar-refractivity contribution is 5.71. The smallest absolute Gasteiger partial charge is 0.320 e. The molecule has 0 amide bonds. The van der Waals surface area contributed by atoms with E-state index in [-0.39, 0.29) is 18.1 Å². The second kappa shape index (κ2) is 6.94. The molecule has 2 rings (SSSR count). The lowest BCUT2D eigenvalue weighted by molar-refractivity contribution is -0.145. The number of carbonyl (C=O) groups excluding carboxylic acids is 1. The summed E-state index contributed by atoms with van der Waals surface area (Å²) >= 11 is 0. The number of hydrogen-bond acceptors (Lipinski definition) is 4. The van der Waals surface area contributed by atoms with Gasteiger partial charge in [0.1, 0.15) is 11.9 Å². The Kier molecular flexibility index (Phi) is 5.23. The van der Waals surface area contributed by atoms with Crippen LogP contribution < -0.4 is 4.74 Å². The van der Waals surface area contributed by atoms with Gasteiger partial charge in [-0.25, -0.2) is 0 Å². The van der Waals surface area contributed by atoms with Crippen LogP contribution in [0.25, 0.3) is 0 Å². The summed E-state index contributed by atoms with van der Waals surface area (Å²) in [6.45, 7) is 9.59. The Morgan fingerprint density at radius 2 is 2.24 bits per heavy atom. The molecule has 1 aromatic rings. The van der Waals surface area contributed by atoms with Crippen molar-refractivity contribution in [1.29, 1.82) is 0 Å². The van der Waals surface area contributed by atoms with Crippen LogP contribution in [0.5, 0.6) is 5.75 Å². The second-order valence-corrected chi connectivity index (χ2v) is 5.88. The Morgan fingerprint density at radius 3 is 2.90 bits per heavy atom. The van der Waals surface area contributed by atoms with E-state index in [1.165, 1.54) is 11.1 Å². The van der Waals surface area contributed by atoms with Crippen molar-refractivity contribution in [3.63, 3.8) is 0 Å². The average Bonchev–Trinajstić information content (AvgIpc) is 2.79. The molecule has 1 heterocycles. The van der Waals surface area contributed by atoms with Crippen LogP contribution >= 0.6 is 0 Å². The number of benzene rings is 1. The van der Waals surface area contributed by atoms with Gasteiger partial charge in [0.2, 0.25) is 0 Å². The van der Waals surface area contributed by atoms with E-state index in [0.29, 0.717) is 13.2 Å². The summed E-state index contributed by atoms with van der Waals surface area (Å²) in [5.74, 6) is 0.808. The molecule has 0 spiro atoms. The van der Waals surface area contributed by atoms with Crippen molar-refractivity contribution in [2.24, 2.45) is 0 Å². The molecule has 1 unspecified atom stereocenters. The van der Waals surface area contributed by atoms with E-state index in [2.05, 4.69) is 37.8 Å². The molecule has 4 heteroatoms. The van der Waals surface area contributed by atoms with Crippen LogP contribution in [0.2, 0.25) is 0 Å². The SMILES string of the molecule is CCOC(=O)CN(CC1Cc2cc(C)ccc2O1)C(C)C. The minimum Gasteiger partial charge on any atom is -0.488 e. The van der Waals surface area contributed by atoms with E-state index < -0.39 is 0 Å². The molecule has 1 aromatic carbocycles. The van der Waals surface area contributed by atoms with E-state index in [0.717, 1.165) is 18.7 Å². The monoisotopic (exact) mass is 291 g/mol. The van der Waals surface area contributed by atoms with Gasteiger partial charge < -0.3 is 9.47 Å². The molecule has 0 saturated carbocycles. The first-order valence-corrected chi connectivity index (χ1v) is 7.65. The Labute approximate surface area is 127 Å². The van der Waals surface area contributed by atoms with Crippen molar-refractivity contribution in [2.45, 2.75) is 46.3 Å². The predicted molar refractivity (Wildman–Crippen MR) is 82.6 cm³/mol. The average molecular weight is 291 g/mol. The minimum absolute atomic E-state index is 0.110. The Balaban J connectivity index is 1.95. The molecule has 1 aliphatic rings. The molecule has 0 N–H and O–H groups in total. The molecule has 0 aromatic heterocycles. The minimum atomic E-state index is -0.169. The van der Waals surface area contributed by atoms with Gasteiger partial charge >= 0.3 is 5.97 Å². The molecule has 1 aliphatic heterocycles. The Morgan fingerprint density at radius 1 is 1.48 bits per heavy atom. The van der Waals surface area contributed by atoms with Crippen molar-refractivity contribution >= 4 is 5.97 Å². The number of rotatable bonds is 6. The molecule has 0 fully saturated rings. The summed E-state index contributed by atoms with van der Waals surface area (Å²) in [5, 5.41) is 0. The van der Waals surface area contributed by atoms with Crippen molar-refractivity contribution in [2.75, 3.05) is 19.7 Å². The molecule has 0 aliphatic carbocycles. The molecular formula is C17H25NO3. The van der Waals surface area contributed by atoms with Gasteiger partial charge in [-0.05, 0) is 39.3 Å². The molecule has 116 valence electrons. The Hall–Kier alpha value is -1.55. The second-order valence-electron chi connectivity index (χ2n) is 5.88. The Bertz CT molecular complexity index is 499. The first-order chi connectivity index (χ1) is 9.99. The number of nitrogens with zero attached hydrogens (tertiary/aromatic N) is 1. The van der Waals surface area contributed by atoms with Crippen LogP contribution in [-0.2, 0) is 16.0 Å². The van der Waals surface area contributed by atoms with E-state index in [1.54, 1.807) is 0 Å². The third kappa shape index (κ3) is 4.21. The van der Waals surface area contributed by atoms with Gasteiger partial charge in [-0.1, -0.05) is 17.7 Å². The van der Waals surface area contributed by atoms with E-state index in [9.17, 15) is 4.79 Å². The molecule has 1 atom stereocenters. The van der Waals surface area contributed by atoms with Gasteiger partial charge in [0, 0.05) is 19.0 Å². The lowest BCUT2D eigenvalue weighted by atomic mass is 10.1. The summed E-state index contributed by atoms with van der Waals surface area (Å²) in [7, 11) is 0. The molecule has 0 radical (unpaired) electrons. The highest BCUT2D eigenvalue weighted by Gasteiger charge is 2.27. The third-order valence-corrected chi connectivity index (χ3v) is 3.76. The number of ether oxygens (including phenoxy) is 2. The summed E-state index contributed by atoms with van der Waals surface area (Å²) in [5.41, 5.74) is 2.52. The van der Waals surface area contributed by atoms with Crippen molar-refractivity contribution < 1.29 is 14.3 Å². The zero-order valence-corrected chi connectivity index (χ0v) is 13.4. The number of carbonyl (C=O) groups is 1. The maximum atomic E-state index is 11.7. The highest BCUT2D eigenvalue weighted by atomic mass is 16.5. The van der Waals surface area contributed by atoms with Crippen molar-refractivity contribution in [1.82, 2.24) is 4.90 Å². The van der Waals surface area contributed by atoms with Crippen LogP contribution in [0.3, 0.4) is 0 Å². The fraction of sp³-hybridized carbons (Fsp3) is 0.588. The zero-order chi connectivity index (χ0) is 15.4. The van der Waals surface area contributed by atoms with Gasteiger partial charge in [-0.15, -0.1) is 0 Å². The van der Waals surface area contributed by atoms with Gasteiger partial charge in [-0.2, -0.15) is 0 Å². The number of aryl methyl sites for hydroxylation is 1. The molecule has 4 nitrogen and oxygen atoms in total. The maximum absolute atomic E-state index is 11.7. The largest absolute Gasteiger partial charge is 0.488 e. The summed E-state index contributed by atoms with van der Waals surface area (Å²) < 4.78 is 11.0. The van der Waals surface area contributed by atoms with Gasteiger partial charge in [-0.3, -0.25) is 9.69 Å². The first kappa shape index (κ1) is 15.8. The van der Waals surface area contributed by atoms with Gasteiger partial charge in [0.25, 0.3) is 0 Å². The predicted octanol–water partition coefficient (Wildman–Crippen LogP) is 2.57. The third-order valence-electron chi connectivity index (χ3n) is 3.76. The van der Waals surface area contributed by atoms with E-state index in [1.807, 2.05) is 13.0 Å². The normalized spacial score (nSPS) is 17.0. The lowest BCUT2D eigenvalue weighted by Gasteiger charge is -2.27. The first-order valence-electron chi connectivity index (χ1n) is 7.65. The number of hydrogen-bond donors (Lipinski definition) is 0. The topological polar surface area (TPSA) is 38.8 Å². The number of esters is 1. The van der Waals surface area contributed by atoms with Crippen LogP contribution in [0.4, 0.5) is 0 Å². The summed E-state index contributed by atoms with van der Waals surface area (Å²) in [6, 6.07) is 6.57. The molecule has 21 heavy (non-hydrogen) atoms. The van der Waals surface area contributed by atoms with Crippen LogP contribution in [-0.4, -0.2) is 42.7 Å². The van der Waals surface area contributed by atoms with Crippen LogP contribution in [0.15, 0.2) is 18.2 Å². The fourth-order valence-corrected chi connectivity index (χ4v) is 2.64. The van der Waals surface area contributed by atoms with E-state index >= 15 is 0 Å². The van der Waals surface area contributed by atoms with E-state index in [4.69, 9.17) is 9.47 Å². The van der Waals surface area contributed by atoms with Crippen LogP contribution in [0.1, 0.15) is 31.9 Å². The maximum Gasteiger partial charge on any atom is 0.320 e. The fourth-order valence-electron chi connectivity index (χ4n) is 2.64. The lowest BCUT2D eigenvalue weighted by Crippen LogP contribution is -2.42. The summed E-state index contributed by atoms with van der Waals surface area (Å²) in [4.78, 5) is 13.8. The highest BCUT2D eigenvalue weighted by Crippen LogP contribution is 2.29. The van der Waals surface area contributed by atoms with Crippen molar-refractivity contribution in [3.05, 3.63) is 29.3 Å². The van der Waals surface area contributed by atoms with Gasteiger partial charge in [0.15, 0.2) is 0 Å². The quantitative estimate of drug-likeness (QED) is 0.755. The number of fused-ring (bicyclic) bond motifs is 1. The van der Waals surface area contributed by atoms with Crippen LogP contribution in [0, 0.1) is 6.92 Å². The standard InChI is InChI=1S/C17H25NO3/c1-5-20-17(19)11-18(12(2)3)10-15-9-14-8-13(4)6-7-16(14)21-15/h6-8,12,15H,5,9-11H2,1-4H3. The zero-order valence-electron chi connectivity index (χ0n) is 13.4. The molecule has 0 saturated heterocycles. The van der Waals surface area contributed by atoms with Gasteiger partial charge in [0.05, 0.1) is 13.2 Å².